The monoisotopic (exact) mass is 311 g/mol. The zero-order chi connectivity index (χ0) is 14.3. The first kappa shape index (κ1) is 14.2. The van der Waals surface area contributed by atoms with Gasteiger partial charge >= 0.3 is 0 Å². The molecule has 0 spiro atoms. The minimum atomic E-state index is -0.449. The molecule has 2 heterocycles. The molecule has 0 fully saturated rings. The number of nitrogens with zero attached hydrogens (tertiary/aromatic N) is 2. The summed E-state index contributed by atoms with van der Waals surface area (Å²) >= 11 is 7.88. The van der Waals surface area contributed by atoms with Crippen LogP contribution in [0.15, 0.2) is 6.33 Å². The molecular formula is C14H18ClN3OS. The predicted molar refractivity (Wildman–Crippen MR) is 82.2 cm³/mol. The number of fused-ring (bicyclic) bond motifs is 3. The second kappa shape index (κ2) is 5.56. The standard InChI is InChI=1S/C14H18ClN3OS/c1-7(2)18-13(19)8-3-4-9-10(5-8)20-14-11(9)12(15)16-6-17-14/h6-8,13,18-19H,3-5H2,1-2H3. The van der Waals surface area contributed by atoms with Crippen LogP contribution < -0.4 is 5.32 Å². The Hall–Kier alpha value is -0.750. The van der Waals surface area contributed by atoms with Gasteiger partial charge in [-0.3, -0.25) is 5.32 Å². The van der Waals surface area contributed by atoms with Gasteiger partial charge in [0.2, 0.25) is 0 Å². The first-order valence-electron chi connectivity index (χ1n) is 6.91. The highest BCUT2D eigenvalue weighted by Crippen LogP contribution is 2.39. The molecule has 0 bridgehead atoms. The van der Waals surface area contributed by atoms with Gasteiger partial charge in [-0.15, -0.1) is 11.3 Å². The number of nitrogens with one attached hydrogen (secondary N) is 1. The van der Waals surface area contributed by atoms with Crippen molar-refractivity contribution in [1.29, 1.82) is 0 Å². The number of aliphatic hydroxyl groups excluding tert-OH is 1. The maximum absolute atomic E-state index is 10.2. The zero-order valence-corrected chi connectivity index (χ0v) is 13.1. The summed E-state index contributed by atoms with van der Waals surface area (Å²) in [7, 11) is 0. The van der Waals surface area contributed by atoms with Gasteiger partial charge in [-0.2, -0.15) is 0 Å². The minimum absolute atomic E-state index is 0.254. The summed E-state index contributed by atoms with van der Waals surface area (Å²) in [5.41, 5.74) is 1.28. The van der Waals surface area contributed by atoms with E-state index >= 15 is 0 Å². The first-order chi connectivity index (χ1) is 9.56. The summed E-state index contributed by atoms with van der Waals surface area (Å²) in [5, 5.41) is 15.0. The van der Waals surface area contributed by atoms with Crippen LogP contribution in [0.4, 0.5) is 0 Å². The van der Waals surface area contributed by atoms with E-state index in [1.54, 1.807) is 11.3 Å². The summed E-state index contributed by atoms with van der Waals surface area (Å²) in [6.45, 7) is 4.10. The van der Waals surface area contributed by atoms with Crippen molar-refractivity contribution in [2.24, 2.45) is 5.92 Å². The number of rotatable bonds is 3. The van der Waals surface area contributed by atoms with Gasteiger partial charge in [-0.25, -0.2) is 9.97 Å². The van der Waals surface area contributed by atoms with Crippen molar-refractivity contribution in [3.8, 4) is 0 Å². The highest BCUT2D eigenvalue weighted by molar-refractivity contribution is 7.19. The van der Waals surface area contributed by atoms with Crippen molar-refractivity contribution in [3.63, 3.8) is 0 Å². The lowest BCUT2D eigenvalue weighted by Gasteiger charge is -2.28. The molecule has 2 aromatic rings. The minimum Gasteiger partial charge on any atom is -0.378 e. The number of halogens is 1. The number of thiophene rings is 1. The maximum Gasteiger partial charge on any atom is 0.141 e. The predicted octanol–water partition coefficient (Wildman–Crippen LogP) is 2.77. The van der Waals surface area contributed by atoms with Gasteiger partial charge in [0.1, 0.15) is 22.5 Å². The Kier molecular flexibility index (Phi) is 3.95. The molecule has 2 aromatic heterocycles. The Balaban J connectivity index is 1.89. The molecule has 0 radical (unpaired) electrons. The van der Waals surface area contributed by atoms with E-state index in [0.717, 1.165) is 29.5 Å². The van der Waals surface area contributed by atoms with Gasteiger partial charge < -0.3 is 5.11 Å². The van der Waals surface area contributed by atoms with E-state index in [2.05, 4.69) is 15.3 Å². The Morgan fingerprint density at radius 3 is 3.00 bits per heavy atom. The van der Waals surface area contributed by atoms with Gasteiger partial charge in [0.15, 0.2) is 0 Å². The van der Waals surface area contributed by atoms with Gasteiger partial charge in [-0.1, -0.05) is 11.6 Å². The molecule has 1 aliphatic carbocycles. The fraction of sp³-hybridized carbons (Fsp3) is 0.571. The van der Waals surface area contributed by atoms with Crippen molar-refractivity contribution in [2.45, 2.75) is 45.4 Å². The van der Waals surface area contributed by atoms with E-state index in [9.17, 15) is 5.11 Å². The molecule has 108 valence electrons. The molecule has 2 atom stereocenters. The number of aromatic nitrogens is 2. The second-order valence-electron chi connectivity index (χ2n) is 5.62. The van der Waals surface area contributed by atoms with Crippen molar-refractivity contribution in [1.82, 2.24) is 15.3 Å². The average Bonchev–Trinajstić information content (AvgIpc) is 2.76. The maximum atomic E-state index is 10.2. The Morgan fingerprint density at radius 2 is 2.25 bits per heavy atom. The van der Waals surface area contributed by atoms with Crippen LogP contribution >= 0.6 is 22.9 Å². The van der Waals surface area contributed by atoms with Gasteiger partial charge in [0, 0.05) is 16.8 Å². The molecule has 3 rings (SSSR count). The summed E-state index contributed by atoms with van der Waals surface area (Å²) in [6.07, 6.45) is 3.84. The quantitative estimate of drug-likeness (QED) is 0.676. The van der Waals surface area contributed by atoms with E-state index in [1.807, 2.05) is 13.8 Å². The molecule has 0 saturated carbocycles. The van der Waals surface area contributed by atoms with Crippen LogP contribution in [0.3, 0.4) is 0 Å². The molecule has 4 nitrogen and oxygen atoms in total. The van der Waals surface area contributed by atoms with Crippen molar-refractivity contribution < 1.29 is 5.11 Å². The van der Waals surface area contributed by atoms with Crippen molar-refractivity contribution >= 4 is 33.2 Å². The zero-order valence-electron chi connectivity index (χ0n) is 11.6. The normalized spacial score (nSPS) is 20.4. The lowest BCUT2D eigenvalue weighted by molar-refractivity contribution is 0.0604. The average molecular weight is 312 g/mol. The summed E-state index contributed by atoms with van der Waals surface area (Å²) in [5.74, 6) is 0.254. The molecule has 2 N–H and O–H groups in total. The van der Waals surface area contributed by atoms with Crippen LogP contribution in [0.2, 0.25) is 5.15 Å². The van der Waals surface area contributed by atoms with E-state index in [4.69, 9.17) is 11.6 Å². The third kappa shape index (κ3) is 2.55. The molecular weight excluding hydrogens is 294 g/mol. The SMILES string of the molecule is CC(C)NC(O)C1CCc2c(sc3ncnc(Cl)c23)C1. The van der Waals surface area contributed by atoms with Crippen molar-refractivity contribution in [3.05, 3.63) is 21.9 Å². The van der Waals surface area contributed by atoms with Crippen LogP contribution in [0.5, 0.6) is 0 Å². The van der Waals surface area contributed by atoms with Crippen molar-refractivity contribution in [2.75, 3.05) is 0 Å². The summed E-state index contributed by atoms with van der Waals surface area (Å²) < 4.78 is 0. The second-order valence-corrected chi connectivity index (χ2v) is 7.06. The van der Waals surface area contributed by atoms with Crippen LogP contribution in [0.1, 0.15) is 30.7 Å². The van der Waals surface area contributed by atoms with E-state index in [-0.39, 0.29) is 12.0 Å². The molecule has 6 heteroatoms. The van der Waals surface area contributed by atoms with E-state index in [1.165, 1.54) is 16.8 Å². The molecule has 0 aliphatic heterocycles. The number of aryl methyl sites for hydroxylation is 1. The Bertz CT molecular complexity index is 628. The number of hydrogen-bond acceptors (Lipinski definition) is 5. The summed E-state index contributed by atoms with van der Waals surface area (Å²) in [6, 6.07) is 0.286. The molecule has 1 aliphatic rings. The highest BCUT2D eigenvalue weighted by atomic mass is 35.5. The van der Waals surface area contributed by atoms with Crippen LogP contribution in [0, 0.1) is 5.92 Å². The lowest BCUT2D eigenvalue weighted by atomic mass is 9.86. The van der Waals surface area contributed by atoms with Gasteiger partial charge in [0.25, 0.3) is 0 Å². The fourth-order valence-corrected chi connectivity index (χ4v) is 4.43. The highest BCUT2D eigenvalue weighted by Gasteiger charge is 2.29. The van der Waals surface area contributed by atoms with E-state index in [0.29, 0.717) is 5.15 Å². The third-order valence-electron chi connectivity index (χ3n) is 3.79. The third-order valence-corrected chi connectivity index (χ3v) is 5.24. The van der Waals surface area contributed by atoms with Gasteiger partial charge in [-0.05, 0) is 38.7 Å². The molecule has 2 unspecified atom stereocenters. The topological polar surface area (TPSA) is 58.0 Å². The number of aliphatic hydroxyl groups is 1. The molecule has 0 saturated heterocycles. The van der Waals surface area contributed by atoms with E-state index < -0.39 is 6.23 Å². The molecule has 0 aromatic carbocycles. The molecule has 0 amide bonds. The largest absolute Gasteiger partial charge is 0.378 e. The van der Waals surface area contributed by atoms with Crippen LogP contribution in [-0.4, -0.2) is 27.3 Å². The fourth-order valence-electron chi connectivity index (χ4n) is 2.84. The van der Waals surface area contributed by atoms with Gasteiger partial charge in [0.05, 0.1) is 5.39 Å². The smallest absolute Gasteiger partial charge is 0.141 e. The Labute approximate surface area is 127 Å². The van der Waals surface area contributed by atoms with Crippen LogP contribution in [0.25, 0.3) is 10.2 Å². The first-order valence-corrected chi connectivity index (χ1v) is 8.10. The van der Waals surface area contributed by atoms with Crippen LogP contribution in [-0.2, 0) is 12.8 Å². The number of hydrogen-bond donors (Lipinski definition) is 2. The summed E-state index contributed by atoms with van der Waals surface area (Å²) in [4.78, 5) is 10.6. The Morgan fingerprint density at radius 1 is 1.45 bits per heavy atom. The molecule has 20 heavy (non-hydrogen) atoms. The lowest BCUT2D eigenvalue weighted by Crippen LogP contribution is -2.42.